The molecule has 0 spiro atoms. The summed E-state index contributed by atoms with van der Waals surface area (Å²) in [6, 6.07) is 3.46. The minimum atomic E-state index is -1.07. The number of aromatic hydroxyl groups is 1. The normalized spacial score (nSPS) is 9.57. The predicted molar refractivity (Wildman–Crippen MR) is 50.2 cm³/mol. The zero-order chi connectivity index (χ0) is 10.7. The number of ether oxygens (including phenoxy) is 1. The van der Waals surface area contributed by atoms with Gasteiger partial charge in [0, 0.05) is 23.2 Å². The van der Waals surface area contributed by atoms with E-state index < -0.39 is 10.7 Å². The molecule has 1 aromatic carbocycles. The largest absolute Gasteiger partial charge is 0.508 e. The van der Waals surface area contributed by atoms with Crippen molar-refractivity contribution in [3.8, 4) is 11.5 Å². The van der Waals surface area contributed by atoms with Gasteiger partial charge >= 0.3 is 5.43 Å². The molecule has 0 unspecified atom stereocenters. The van der Waals surface area contributed by atoms with Crippen LogP contribution < -0.4 is 4.74 Å². The molecule has 0 heterocycles. The lowest BCUT2D eigenvalue weighted by Gasteiger charge is -2.02. The number of carbonyl (C=O) groups excluding carboxylic acids is 2. The van der Waals surface area contributed by atoms with E-state index in [-0.39, 0.29) is 17.1 Å². The second-order valence-corrected chi connectivity index (χ2v) is 2.98. The maximum Gasteiger partial charge on any atom is 0.409 e. The lowest BCUT2D eigenvalue weighted by molar-refractivity contribution is 0.108. The molecule has 74 valence electrons. The van der Waals surface area contributed by atoms with Crippen molar-refractivity contribution in [2.24, 2.45) is 0 Å². The first-order chi connectivity index (χ1) is 6.49. The summed E-state index contributed by atoms with van der Waals surface area (Å²) in [5.74, 6) is -0.293. The number of carbonyl (C=O) groups is 2. The Morgan fingerprint density at radius 2 is 1.86 bits per heavy atom. The summed E-state index contributed by atoms with van der Waals surface area (Å²) >= 11 is 10.1. The molecule has 0 saturated heterocycles. The molecule has 0 aliphatic heterocycles. The van der Waals surface area contributed by atoms with Crippen LogP contribution in [-0.2, 0) is 0 Å². The third-order valence-electron chi connectivity index (χ3n) is 1.32. The minimum absolute atomic E-state index is 0.0135. The van der Waals surface area contributed by atoms with Gasteiger partial charge < -0.3 is 9.84 Å². The van der Waals surface area contributed by atoms with Crippen molar-refractivity contribution in [3.63, 3.8) is 0 Å². The number of phenolic OH excluding ortho intramolecular Hbond substituents is 1. The molecule has 0 aromatic heterocycles. The molecular weight excluding hydrogens is 231 g/mol. The molecule has 0 fully saturated rings. The van der Waals surface area contributed by atoms with E-state index in [4.69, 9.17) is 28.3 Å². The van der Waals surface area contributed by atoms with Crippen molar-refractivity contribution >= 4 is 33.9 Å². The van der Waals surface area contributed by atoms with Crippen LogP contribution in [0.5, 0.6) is 11.5 Å². The van der Waals surface area contributed by atoms with Crippen LogP contribution in [0.15, 0.2) is 18.2 Å². The van der Waals surface area contributed by atoms with Crippen molar-refractivity contribution in [2.45, 2.75) is 0 Å². The Balaban J connectivity index is 3.07. The monoisotopic (exact) mass is 234 g/mol. The van der Waals surface area contributed by atoms with E-state index in [0.717, 1.165) is 12.1 Å². The third-order valence-corrected chi connectivity index (χ3v) is 1.61. The van der Waals surface area contributed by atoms with Gasteiger partial charge in [-0.3, -0.25) is 4.79 Å². The number of halogens is 2. The molecule has 0 saturated carbocycles. The number of rotatable bonds is 2. The topological polar surface area (TPSA) is 63.6 Å². The van der Waals surface area contributed by atoms with E-state index in [9.17, 15) is 9.59 Å². The highest BCUT2D eigenvalue weighted by Crippen LogP contribution is 2.23. The second kappa shape index (κ2) is 4.30. The summed E-state index contributed by atoms with van der Waals surface area (Å²) in [6.07, 6.45) is 0. The van der Waals surface area contributed by atoms with Crippen LogP contribution in [0.25, 0.3) is 0 Å². The fourth-order valence-electron chi connectivity index (χ4n) is 0.848. The maximum absolute atomic E-state index is 10.7. The molecule has 0 amide bonds. The average molecular weight is 235 g/mol. The predicted octanol–water partition coefficient (Wildman–Crippen LogP) is 2.51. The Morgan fingerprint density at radius 1 is 1.21 bits per heavy atom. The standard InChI is InChI=1S/C8H4Cl2O4/c9-7(12)4-1-5(11)3-6(2-4)14-8(10)13/h1-3,11H. The molecule has 0 aliphatic rings. The summed E-state index contributed by atoms with van der Waals surface area (Å²) in [4.78, 5) is 21.1. The highest BCUT2D eigenvalue weighted by molar-refractivity contribution is 6.67. The van der Waals surface area contributed by atoms with Gasteiger partial charge in [0.25, 0.3) is 5.24 Å². The number of phenols is 1. The van der Waals surface area contributed by atoms with E-state index in [2.05, 4.69) is 4.74 Å². The van der Waals surface area contributed by atoms with Gasteiger partial charge in [0.1, 0.15) is 11.5 Å². The molecule has 0 bridgehead atoms. The molecule has 1 rings (SSSR count). The SMILES string of the molecule is O=C(Cl)Oc1cc(O)cc(C(=O)Cl)c1. The first kappa shape index (κ1) is 10.8. The van der Waals surface area contributed by atoms with E-state index in [1.807, 2.05) is 0 Å². The van der Waals surface area contributed by atoms with Gasteiger partial charge in [0.05, 0.1) is 0 Å². The van der Waals surface area contributed by atoms with E-state index in [1.54, 1.807) is 0 Å². The molecule has 14 heavy (non-hydrogen) atoms. The van der Waals surface area contributed by atoms with Gasteiger partial charge in [-0.25, -0.2) is 4.79 Å². The molecular formula is C8H4Cl2O4. The Hall–Kier alpha value is -1.26. The molecule has 0 atom stereocenters. The van der Waals surface area contributed by atoms with Gasteiger partial charge in [0.15, 0.2) is 0 Å². The third kappa shape index (κ3) is 2.90. The Morgan fingerprint density at radius 3 is 2.36 bits per heavy atom. The van der Waals surface area contributed by atoms with Crippen molar-refractivity contribution < 1.29 is 19.4 Å². The fraction of sp³-hybridized carbons (Fsp3) is 0. The molecule has 4 nitrogen and oxygen atoms in total. The van der Waals surface area contributed by atoms with Gasteiger partial charge in [-0.05, 0) is 23.7 Å². The summed E-state index contributed by atoms with van der Waals surface area (Å²) in [6.45, 7) is 0. The lowest BCUT2D eigenvalue weighted by atomic mass is 10.2. The molecule has 6 heteroatoms. The molecule has 1 N–H and O–H groups in total. The molecule has 0 aliphatic carbocycles. The highest BCUT2D eigenvalue weighted by Gasteiger charge is 2.08. The van der Waals surface area contributed by atoms with Crippen LogP contribution in [-0.4, -0.2) is 15.8 Å². The van der Waals surface area contributed by atoms with E-state index in [1.165, 1.54) is 6.07 Å². The van der Waals surface area contributed by atoms with Gasteiger partial charge in [-0.15, -0.1) is 0 Å². The van der Waals surface area contributed by atoms with Crippen LogP contribution >= 0.6 is 23.2 Å². The lowest BCUT2D eigenvalue weighted by Crippen LogP contribution is -1.97. The fourth-order valence-corrected chi connectivity index (χ4v) is 1.05. The maximum atomic E-state index is 10.7. The average Bonchev–Trinajstić information content (AvgIpc) is 2.01. The first-order valence-electron chi connectivity index (χ1n) is 3.40. The Kier molecular flexibility index (Phi) is 3.33. The van der Waals surface area contributed by atoms with Crippen LogP contribution in [0, 0.1) is 0 Å². The van der Waals surface area contributed by atoms with Gasteiger partial charge in [0.2, 0.25) is 0 Å². The van der Waals surface area contributed by atoms with Crippen LogP contribution in [0.4, 0.5) is 4.79 Å². The van der Waals surface area contributed by atoms with E-state index >= 15 is 0 Å². The quantitative estimate of drug-likeness (QED) is 0.799. The van der Waals surface area contributed by atoms with Crippen LogP contribution in [0.1, 0.15) is 10.4 Å². The van der Waals surface area contributed by atoms with Crippen LogP contribution in [0.3, 0.4) is 0 Å². The summed E-state index contributed by atoms with van der Waals surface area (Å²) in [5.41, 5.74) is -1.05. The smallest absolute Gasteiger partial charge is 0.409 e. The second-order valence-electron chi connectivity index (χ2n) is 2.33. The zero-order valence-electron chi connectivity index (χ0n) is 6.66. The van der Waals surface area contributed by atoms with Crippen molar-refractivity contribution in [3.05, 3.63) is 23.8 Å². The summed E-state index contributed by atoms with van der Waals surface area (Å²) in [7, 11) is 0. The Labute approximate surface area is 89.0 Å². The summed E-state index contributed by atoms with van der Waals surface area (Å²) < 4.78 is 4.44. The first-order valence-corrected chi connectivity index (χ1v) is 4.16. The van der Waals surface area contributed by atoms with E-state index in [0.29, 0.717) is 0 Å². The zero-order valence-corrected chi connectivity index (χ0v) is 8.17. The number of hydrogen-bond acceptors (Lipinski definition) is 4. The number of hydrogen-bond donors (Lipinski definition) is 1. The minimum Gasteiger partial charge on any atom is -0.508 e. The van der Waals surface area contributed by atoms with Gasteiger partial charge in [-0.2, -0.15) is 0 Å². The van der Waals surface area contributed by atoms with Crippen molar-refractivity contribution in [2.75, 3.05) is 0 Å². The summed E-state index contributed by atoms with van der Waals surface area (Å²) in [5, 5.41) is 8.34. The van der Waals surface area contributed by atoms with Crippen molar-refractivity contribution in [1.29, 1.82) is 0 Å². The van der Waals surface area contributed by atoms with Crippen molar-refractivity contribution in [1.82, 2.24) is 0 Å². The van der Waals surface area contributed by atoms with Gasteiger partial charge in [-0.1, -0.05) is 0 Å². The van der Waals surface area contributed by atoms with Crippen LogP contribution in [0.2, 0.25) is 0 Å². The highest BCUT2D eigenvalue weighted by atomic mass is 35.5. The number of benzene rings is 1. The molecule has 1 aromatic rings. The molecule has 0 radical (unpaired) electrons. The Bertz CT molecular complexity index is 389.